The Morgan fingerprint density at radius 1 is 1.25 bits per heavy atom. The van der Waals surface area contributed by atoms with Gasteiger partial charge in [0.2, 0.25) is 5.89 Å². The van der Waals surface area contributed by atoms with Crippen LogP contribution in [0.3, 0.4) is 0 Å². The van der Waals surface area contributed by atoms with E-state index in [1.807, 2.05) is 24.3 Å². The van der Waals surface area contributed by atoms with E-state index in [-0.39, 0.29) is 0 Å². The van der Waals surface area contributed by atoms with Crippen LogP contribution in [-0.4, -0.2) is 15.2 Å². The van der Waals surface area contributed by atoms with Crippen LogP contribution in [0.4, 0.5) is 0 Å². The minimum absolute atomic E-state index is 0.415. The van der Waals surface area contributed by atoms with Gasteiger partial charge in [0.1, 0.15) is 5.69 Å². The Morgan fingerprint density at radius 3 is 2.75 bits per heavy atom. The Kier molecular flexibility index (Phi) is 1.97. The Bertz CT molecular complexity index is 656. The van der Waals surface area contributed by atoms with Gasteiger partial charge >= 0.3 is 0 Å². The number of hydrogen-bond donors (Lipinski definition) is 1. The summed E-state index contributed by atoms with van der Waals surface area (Å²) in [5, 5.41) is 9.28. The van der Waals surface area contributed by atoms with Gasteiger partial charge in [0.25, 0.3) is 5.89 Å². The zero-order chi connectivity index (χ0) is 11.1. The molecule has 0 aliphatic carbocycles. The summed E-state index contributed by atoms with van der Waals surface area (Å²) in [6, 6.07) is 7.78. The van der Waals surface area contributed by atoms with Crippen LogP contribution in [0.1, 0.15) is 5.89 Å². The molecule has 1 N–H and O–H groups in total. The fourth-order valence-electron chi connectivity index (χ4n) is 1.65. The van der Waals surface area contributed by atoms with Crippen molar-refractivity contribution in [1.82, 2.24) is 15.2 Å². The maximum Gasteiger partial charge on any atom is 0.265 e. The molecule has 0 fully saturated rings. The molecule has 5 heteroatoms. The molecular formula is C11H8ClN3O. The van der Waals surface area contributed by atoms with Crippen molar-refractivity contribution < 1.29 is 4.42 Å². The van der Waals surface area contributed by atoms with E-state index in [4.69, 9.17) is 16.0 Å². The highest BCUT2D eigenvalue weighted by molar-refractivity contribution is 6.38. The lowest BCUT2D eigenvalue weighted by atomic mass is 10.2. The number of nitrogens with one attached hydrogen (secondary N) is 1. The zero-order valence-corrected chi connectivity index (χ0v) is 9.25. The van der Waals surface area contributed by atoms with E-state index in [2.05, 4.69) is 15.2 Å². The van der Waals surface area contributed by atoms with Crippen molar-refractivity contribution in [2.24, 2.45) is 0 Å². The summed E-state index contributed by atoms with van der Waals surface area (Å²) >= 11 is 6.24. The summed E-state index contributed by atoms with van der Waals surface area (Å²) in [6.07, 6.45) is 0. The summed E-state index contributed by atoms with van der Waals surface area (Å²) in [4.78, 5) is 3.17. The first-order valence-corrected chi connectivity index (χ1v) is 5.20. The Morgan fingerprint density at radius 2 is 2.06 bits per heavy atom. The van der Waals surface area contributed by atoms with E-state index >= 15 is 0 Å². The highest BCUT2D eigenvalue weighted by atomic mass is 35.5. The smallest absolute Gasteiger partial charge is 0.265 e. The lowest BCUT2D eigenvalue weighted by molar-refractivity contribution is 0.531. The molecule has 0 radical (unpaired) electrons. The standard InChI is InChI=1S/C11H8ClN3O/c1-6-14-15-11(16-6)10-9(12)7-4-2-3-5-8(7)13-10/h2-5,13H,1H3. The first-order valence-electron chi connectivity index (χ1n) is 4.82. The SMILES string of the molecule is Cc1nnc(-c2[nH]c3ccccc3c2Cl)o1. The molecule has 16 heavy (non-hydrogen) atoms. The fourth-order valence-corrected chi connectivity index (χ4v) is 1.95. The van der Waals surface area contributed by atoms with Crippen molar-refractivity contribution in [3.8, 4) is 11.6 Å². The van der Waals surface area contributed by atoms with Gasteiger partial charge in [0.05, 0.1) is 5.02 Å². The van der Waals surface area contributed by atoms with Gasteiger partial charge in [0.15, 0.2) is 0 Å². The monoisotopic (exact) mass is 233 g/mol. The van der Waals surface area contributed by atoms with Crippen molar-refractivity contribution in [2.45, 2.75) is 6.92 Å². The fraction of sp³-hybridized carbons (Fsp3) is 0.0909. The largest absolute Gasteiger partial charge is 0.420 e. The van der Waals surface area contributed by atoms with Crippen molar-refractivity contribution in [2.75, 3.05) is 0 Å². The molecule has 0 saturated carbocycles. The summed E-state index contributed by atoms with van der Waals surface area (Å²) in [5.41, 5.74) is 1.63. The number of nitrogens with zero attached hydrogens (tertiary/aromatic N) is 2. The molecule has 3 aromatic rings. The third-order valence-corrected chi connectivity index (χ3v) is 2.78. The van der Waals surface area contributed by atoms with Gasteiger partial charge in [-0.3, -0.25) is 0 Å². The molecule has 0 unspecified atom stereocenters. The van der Waals surface area contributed by atoms with Crippen molar-refractivity contribution in [3.05, 3.63) is 35.2 Å². The van der Waals surface area contributed by atoms with Crippen molar-refractivity contribution in [3.63, 3.8) is 0 Å². The van der Waals surface area contributed by atoms with E-state index in [0.717, 1.165) is 10.9 Å². The second kappa shape index (κ2) is 3.35. The molecule has 0 bridgehead atoms. The Balaban J connectivity index is 2.28. The average Bonchev–Trinajstić information content (AvgIpc) is 2.84. The van der Waals surface area contributed by atoms with E-state index in [1.54, 1.807) is 6.92 Å². The van der Waals surface area contributed by atoms with E-state index in [9.17, 15) is 0 Å². The maximum absolute atomic E-state index is 6.24. The highest BCUT2D eigenvalue weighted by Crippen LogP contribution is 2.33. The second-order valence-electron chi connectivity index (χ2n) is 3.49. The molecule has 0 spiro atoms. The molecule has 0 saturated heterocycles. The molecule has 80 valence electrons. The summed E-state index contributed by atoms with van der Waals surface area (Å²) < 4.78 is 5.34. The van der Waals surface area contributed by atoms with Crippen LogP contribution in [0, 0.1) is 6.92 Å². The number of H-pyrrole nitrogens is 1. The van der Waals surface area contributed by atoms with Gasteiger partial charge in [0, 0.05) is 17.8 Å². The van der Waals surface area contributed by atoms with E-state index in [0.29, 0.717) is 22.5 Å². The first kappa shape index (κ1) is 9.42. The molecule has 0 atom stereocenters. The number of fused-ring (bicyclic) bond motifs is 1. The second-order valence-corrected chi connectivity index (χ2v) is 3.86. The van der Waals surface area contributed by atoms with Gasteiger partial charge in [-0.2, -0.15) is 0 Å². The number of aromatic amines is 1. The number of aromatic nitrogens is 3. The van der Waals surface area contributed by atoms with Crippen LogP contribution in [0.5, 0.6) is 0 Å². The van der Waals surface area contributed by atoms with Gasteiger partial charge in [-0.05, 0) is 6.07 Å². The van der Waals surface area contributed by atoms with Gasteiger partial charge < -0.3 is 9.40 Å². The predicted molar refractivity (Wildman–Crippen MR) is 61.3 cm³/mol. The summed E-state index contributed by atoms with van der Waals surface area (Å²) in [6.45, 7) is 1.74. The van der Waals surface area contributed by atoms with Gasteiger partial charge in [-0.1, -0.05) is 29.8 Å². The van der Waals surface area contributed by atoms with Crippen LogP contribution >= 0.6 is 11.6 Å². The lowest BCUT2D eigenvalue weighted by Crippen LogP contribution is -1.77. The van der Waals surface area contributed by atoms with E-state index in [1.165, 1.54) is 0 Å². The third kappa shape index (κ3) is 1.31. The molecule has 4 nitrogen and oxygen atoms in total. The first-order chi connectivity index (χ1) is 7.75. The van der Waals surface area contributed by atoms with E-state index < -0.39 is 0 Å². The van der Waals surface area contributed by atoms with Gasteiger partial charge in [-0.15, -0.1) is 10.2 Å². The molecule has 2 aromatic heterocycles. The number of aryl methyl sites for hydroxylation is 1. The van der Waals surface area contributed by atoms with Crippen molar-refractivity contribution in [1.29, 1.82) is 0 Å². The molecule has 3 rings (SSSR count). The molecule has 1 aromatic carbocycles. The lowest BCUT2D eigenvalue weighted by Gasteiger charge is -1.89. The molecule has 0 aliphatic rings. The number of rotatable bonds is 1. The normalized spacial score (nSPS) is 11.1. The number of hydrogen-bond acceptors (Lipinski definition) is 3. The quantitative estimate of drug-likeness (QED) is 0.702. The topological polar surface area (TPSA) is 54.7 Å². The van der Waals surface area contributed by atoms with Crippen LogP contribution in [0.2, 0.25) is 5.02 Å². The predicted octanol–water partition coefficient (Wildman–Crippen LogP) is 3.18. The number of para-hydroxylation sites is 1. The van der Waals surface area contributed by atoms with Gasteiger partial charge in [-0.25, -0.2) is 0 Å². The van der Waals surface area contributed by atoms with Crippen LogP contribution in [0.25, 0.3) is 22.5 Å². The van der Waals surface area contributed by atoms with Crippen LogP contribution < -0.4 is 0 Å². The Hall–Kier alpha value is -1.81. The number of benzene rings is 1. The molecule has 2 heterocycles. The highest BCUT2D eigenvalue weighted by Gasteiger charge is 2.15. The zero-order valence-electron chi connectivity index (χ0n) is 8.49. The molecule has 0 amide bonds. The maximum atomic E-state index is 6.24. The molecule has 0 aliphatic heterocycles. The minimum Gasteiger partial charge on any atom is -0.420 e. The van der Waals surface area contributed by atoms with Crippen LogP contribution in [0.15, 0.2) is 28.7 Å². The average molecular weight is 234 g/mol. The molecular weight excluding hydrogens is 226 g/mol. The number of halogens is 1. The summed E-state index contributed by atoms with van der Waals surface area (Å²) in [7, 11) is 0. The third-order valence-electron chi connectivity index (χ3n) is 2.38. The van der Waals surface area contributed by atoms with Crippen LogP contribution in [-0.2, 0) is 0 Å². The Labute approximate surface area is 96.2 Å². The minimum atomic E-state index is 0.415. The van der Waals surface area contributed by atoms with Crippen molar-refractivity contribution >= 4 is 22.5 Å². The summed E-state index contributed by atoms with van der Waals surface area (Å²) in [5.74, 6) is 0.934.